The lowest BCUT2D eigenvalue weighted by atomic mass is 10.0. The number of amides is 1. The van der Waals surface area contributed by atoms with Crippen LogP contribution < -0.4 is 14.8 Å². The maximum absolute atomic E-state index is 12.4. The zero-order valence-corrected chi connectivity index (χ0v) is 15.9. The van der Waals surface area contributed by atoms with Crippen molar-refractivity contribution >= 4 is 23.2 Å². The van der Waals surface area contributed by atoms with Crippen molar-refractivity contribution in [3.63, 3.8) is 0 Å². The van der Waals surface area contributed by atoms with Crippen LogP contribution in [-0.4, -0.2) is 20.1 Å². The van der Waals surface area contributed by atoms with Gasteiger partial charge in [-0.3, -0.25) is 4.79 Å². The standard InChI is InChI=1S/C22H20ClNO3/c1-26-20-14-21(27-2)19(13-18(20)23)24-22(25)12-15-8-10-17(11-9-15)16-6-4-3-5-7-16/h3-11,13-14H,12H2,1-2H3,(H,24,25). The lowest BCUT2D eigenvalue weighted by Crippen LogP contribution is -2.15. The predicted molar refractivity (Wildman–Crippen MR) is 109 cm³/mol. The molecular formula is C22H20ClNO3. The third kappa shape index (κ3) is 4.60. The predicted octanol–water partition coefficient (Wildman–Crippen LogP) is 5.21. The zero-order chi connectivity index (χ0) is 19.2. The van der Waals surface area contributed by atoms with Crippen molar-refractivity contribution in [2.24, 2.45) is 0 Å². The van der Waals surface area contributed by atoms with E-state index < -0.39 is 0 Å². The van der Waals surface area contributed by atoms with Crippen molar-refractivity contribution in [3.05, 3.63) is 77.3 Å². The fourth-order valence-electron chi connectivity index (χ4n) is 2.78. The van der Waals surface area contributed by atoms with Crippen LogP contribution in [0, 0.1) is 0 Å². The Bertz CT molecular complexity index is 924. The van der Waals surface area contributed by atoms with Crippen molar-refractivity contribution in [2.75, 3.05) is 19.5 Å². The van der Waals surface area contributed by atoms with Crippen LogP contribution in [0.4, 0.5) is 5.69 Å². The molecule has 0 aliphatic rings. The number of ether oxygens (including phenoxy) is 2. The highest BCUT2D eigenvalue weighted by Crippen LogP contribution is 2.35. The molecule has 0 radical (unpaired) electrons. The highest BCUT2D eigenvalue weighted by molar-refractivity contribution is 6.32. The average Bonchev–Trinajstić information content (AvgIpc) is 2.69. The van der Waals surface area contributed by atoms with Gasteiger partial charge >= 0.3 is 0 Å². The van der Waals surface area contributed by atoms with Crippen molar-refractivity contribution in [1.29, 1.82) is 0 Å². The molecule has 138 valence electrons. The Labute approximate surface area is 163 Å². The first-order chi connectivity index (χ1) is 13.1. The molecule has 0 atom stereocenters. The molecule has 1 amide bonds. The van der Waals surface area contributed by atoms with E-state index >= 15 is 0 Å². The van der Waals surface area contributed by atoms with Gasteiger partial charge in [-0.05, 0) is 22.8 Å². The Morgan fingerprint density at radius 3 is 2.15 bits per heavy atom. The number of carbonyl (C=O) groups is 1. The fraction of sp³-hybridized carbons (Fsp3) is 0.136. The minimum absolute atomic E-state index is 0.151. The minimum Gasteiger partial charge on any atom is -0.495 e. The monoisotopic (exact) mass is 381 g/mol. The van der Waals surface area contributed by atoms with Gasteiger partial charge in [-0.1, -0.05) is 66.2 Å². The molecule has 3 rings (SSSR count). The molecule has 0 spiro atoms. The summed E-state index contributed by atoms with van der Waals surface area (Å²) in [5.74, 6) is 0.828. The van der Waals surface area contributed by atoms with E-state index in [-0.39, 0.29) is 12.3 Å². The van der Waals surface area contributed by atoms with Crippen LogP contribution in [0.2, 0.25) is 5.02 Å². The first kappa shape index (κ1) is 18.8. The summed E-state index contributed by atoms with van der Waals surface area (Å²) >= 11 is 6.15. The van der Waals surface area contributed by atoms with E-state index in [4.69, 9.17) is 21.1 Å². The smallest absolute Gasteiger partial charge is 0.228 e. The number of benzene rings is 3. The van der Waals surface area contributed by atoms with E-state index in [9.17, 15) is 4.79 Å². The molecule has 0 heterocycles. The van der Waals surface area contributed by atoms with Crippen molar-refractivity contribution < 1.29 is 14.3 Å². The molecule has 1 N–H and O–H groups in total. The molecule has 5 heteroatoms. The average molecular weight is 382 g/mol. The van der Waals surface area contributed by atoms with Gasteiger partial charge in [0.2, 0.25) is 5.91 Å². The molecule has 0 bridgehead atoms. The Hall–Kier alpha value is -2.98. The van der Waals surface area contributed by atoms with Gasteiger partial charge in [-0.15, -0.1) is 0 Å². The Morgan fingerprint density at radius 1 is 0.889 bits per heavy atom. The second kappa shape index (κ2) is 8.60. The number of hydrogen-bond donors (Lipinski definition) is 1. The molecule has 0 saturated heterocycles. The maximum Gasteiger partial charge on any atom is 0.228 e. The maximum atomic E-state index is 12.4. The molecule has 3 aromatic carbocycles. The Balaban J connectivity index is 1.70. The summed E-state index contributed by atoms with van der Waals surface area (Å²) in [4.78, 5) is 12.4. The Morgan fingerprint density at radius 2 is 1.52 bits per heavy atom. The van der Waals surface area contributed by atoms with Gasteiger partial charge in [0.15, 0.2) is 0 Å². The van der Waals surface area contributed by atoms with Crippen LogP contribution >= 0.6 is 11.6 Å². The fourth-order valence-corrected chi connectivity index (χ4v) is 3.02. The summed E-state index contributed by atoms with van der Waals surface area (Å²) in [6, 6.07) is 21.3. The molecule has 0 aliphatic heterocycles. The van der Waals surface area contributed by atoms with Crippen LogP contribution in [0.1, 0.15) is 5.56 Å². The molecule has 4 nitrogen and oxygen atoms in total. The summed E-state index contributed by atoms with van der Waals surface area (Å²) in [6.45, 7) is 0. The van der Waals surface area contributed by atoms with Gasteiger partial charge in [-0.2, -0.15) is 0 Å². The normalized spacial score (nSPS) is 10.3. The quantitative estimate of drug-likeness (QED) is 0.638. The summed E-state index contributed by atoms with van der Waals surface area (Å²) < 4.78 is 10.5. The molecule has 0 unspecified atom stereocenters. The third-order valence-corrected chi connectivity index (χ3v) is 4.47. The third-order valence-electron chi connectivity index (χ3n) is 4.17. The van der Waals surface area contributed by atoms with Gasteiger partial charge in [0, 0.05) is 6.07 Å². The second-order valence-corrected chi connectivity index (χ2v) is 6.38. The second-order valence-electron chi connectivity index (χ2n) is 5.97. The van der Waals surface area contributed by atoms with Crippen molar-refractivity contribution in [2.45, 2.75) is 6.42 Å². The number of methoxy groups -OCH3 is 2. The largest absolute Gasteiger partial charge is 0.495 e. The lowest BCUT2D eigenvalue weighted by Gasteiger charge is -2.13. The molecule has 3 aromatic rings. The summed E-state index contributed by atoms with van der Waals surface area (Å²) in [7, 11) is 3.05. The molecule has 0 aliphatic carbocycles. The Kier molecular flexibility index (Phi) is 5.99. The number of rotatable bonds is 6. The molecule has 0 saturated carbocycles. The molecular weight excluding hydrogens is 362 g/mol. The zero-order valence-electron chi connectivity index (χ0n) is 15.2. The van der Waals surface area contributed by atoms with Crippen LogP contribution in [-0.2, 0) is 11.2 Å². The first-order valence-corrected chi connectivity index (χ1v) is 8.84. The first-order valence-electron chi connectivity index (χ1n) is 8.46. The molecule has 0 fully saturated rings. The van der Waals surface area contributed by atoms with E-state index in [0.29, 0.717) is 22.2 Å². The van der Waals surface area contributed by atoms with Crippen LogP contribution in [0.5, 0.6) is 11.5 Å². The highest BCUT2D eigenvalue weighted by Gasteiger charge is 2.13. The van der Waals surface area contributed by atoms with Crippen molar-refractivity contribution in [3.8, 4) is 22.6 Å². The summed E-state index contributed by atoms with van der Waals surface area (Å²) in [6.07, 6.45) is 0.252. The van der Waals surface area contributed by atoms with Crippen LogP contribution in [0.15, 0.2) is 66.7 Å². The van der Waals surface area contributed by atoms with E-state index in [2.05, 4.69) is 17.4 Å². The number of hydrogen-bond acceptors (Lipinski definition) is 3. The van der Waals surface area contributed by atoms with E-state index in [0.717, 1.165) is 16.7 Å². The number of anilines is 1. The number of halogens is 1. The van der Waals surface area contributed by atoms with Crippen LogP contribution in [0.25, 0.3) is 11.1 Å². The summed E-state index contributed by atoms with van der Waals surface area (Å²) in [5, 5.41) is 3.25. The molecule has 27 heavy (non-hydrogen) atoms. The van der Waals surface area contributed by atoms with Gasteiger partial charge in [-0.25, -0.2) is 0 Å². The van der Waals surface area contributed by atoms with Crippen LogP contribution in [0.3, 0.4) is 0 Å². The van der Waals surface area contributed by atoms with Gasteiger partial charge in [0.25, 0.3) is 0 Å². The van der Waals surface area contributed by atoms with E-state index in [1.165, 1.54) is 14.2 Å². The highest BCUT2D eigenvalue weighted by atomic mass is 35.5. The number of carbonyl (C=O) groups excluding carboxylic acids is 1. The van der Waals surface area contributed by atoms with Gasteiger partial charge < -0.3 is 14.8 Å². The van der Waals surface area contributed by atoms with E-state index in [1.807, 2.05) is 42.5 Å². The number of nitrogens with one attached hydrogen (secondary N) is 1. The van der Waals surface area contributed by atoms with Crippen molar-refractivity contribution in [1.82, 2.24) is 0 Å². The van der Waals surface area contributed by atoms with Gasteiger partial charge in [0.1, 0.15) is 11.5 Å². The topological polar surface area (TPSA) is 47.6 Å². The van der Waals surface area contributed by atoms with E-state index in [1.54, 1.807) is 12.1 Å². The SMILES string of the molecule is COc1cc(OC)c(NC(=O)Cc2ccc(-c3ccccc3)cc2)cc1Cl. The van der Waals surface area contributed by atoms with Gasteiger partial charge in [0.05, 0.1) is 31.4 Å². The lowest BCUT2D eigenvalue weighted by molar-refractivity contribution is -0.115. The summed E-state index contributed by atoms with van der Waals surface area (Å²) in [5.41, 5.74) is 3.69. The molecule has 0 aromatic heterocycles. The minimum atomic E-state index is -0.151.